The van der Waals surface area contributed by atoms with E-state index in [0.29, 0.717) is 34.5 Å². The van der Waals surface area contributed by atoms with Crippen LogP contribution < -0.4 is 9.47 Å². The lowest BCUT2D eigenvalue weighted by molar-refractivity contribution is -0.152. The zero-order valence-electron chi connectivity index (χ0n) is 26.4. The van der Waals surface area contributed by atoms with Crippen LogP contribution in [0.1, 0.15) is 61.8 Å². The second kappa shape index (κ2) is 13.7. The average molecular weight is 597 g/mol. The van der Waals surface area contributed by atoms with Crippen molar-refractivity contribution in [3.8, 4) is 33.8 Å². The second-order valence-electron chi connectivity index (χ2n) is 11.8. The zero-order chi connectivity index (χ0) is 32.0. The summed E-state index contributed by atoms with van der Waals surface area (Å²) < 4.78 is 12.5. The van der Waals surface area contributed by atoms with Crippen LogP contribution in [0, 0.1) is 0 Å². The molecule has 0 aliphatic heterocycles. The van der Waals surface area contributed by atoms with Gasteiger partial charge in [-0.2, -0.15) is 0 Å². The highest BCUT2D eigenvalue weighted by atomic mass is 16.6. The third-order valence-corrected chi connectivity index (χ3v) is 8.13. The molecule has 45 heavy (non-hydrogen) atoms. The molecule has 5 aromatic rings. The van der Waals surface area contributed by atoms with E-state index in [1.807, 2.05) is 54.6 Å². The van der Waals surface area contributed by atoms with Crippen LogP contribution in [0.15, 0.2) is 134 Å². The number of carboxylic acids is 1. The SMILES string of the molecule is C=CCOc1ccccc1OC(C(=O)O)(c1ccc(-c2cccc(C(C)C)c2)cc1)c1ccc(-c2cccc(C(C)C)c2)cc1. The Kier molecular flexibility index (Phi) is 9.53. The van der Waals surface area contributed by atoms with Crippen molar-refractivity contribution >= 4 is 5.97 Å². The molecule has 0 atom stereocenters. The van der Waals surface area contributed by atoms with Crippen molar-refractivity contribution in [2.45, 2.75) is 45.1 Å². The molecule has 0 amide bonds. The van der Waals surface area contributed by atoms with Crippen molar-refractivity contribution in [3.63, 3.8) is 0 Å². The Morgan fingerprint density at radius 2 is 1.13 bits per heavy atom. The quantitative estimate of drug-likeness (QED) is 0.146. The van der Waals surface area contributed by atoms with E-state index in [9.17, 15) is 9.90 Å². The van der Waals surface area contributed by atoms with E-state index in [-0.39, 0.29) is 6.61 Å². The summed E-state index contributed by atoms with van der Waals surface area (Å²) in [4.78, 5) is 13.5. The molecule has 0 aliphatic rings. The predicted molar refractivity (Wildman–Crippen MR) is 183 cm³/mol. The summed E-state index contributed by atoms with van der Waals surface area (Å²) in [6.45, 7) is 12.7. The van der Waals surface area contributed by atoms with Crippen molar-refractivity contribution in [1.29, 1.82) is 0 Å². The van der Waals surface area contributed by atoms with Gasteiger partial charge in [-0.1, -0.05) is 150 Å². The third kappa shape index (κ3) is 6.71. The van der Waals surface area contributed by atoms with Crippen molar-refractivity contribution in [2.24, 2.45) is 0 Å². The number of rotatable bonds is 12. The number of para-hydroxylation sites is 2. The van der Waals surface area contributed by atoms with Crippen molar-refractivity contribution < 1.29 is 19.4 Å². The van der Waals surface area contributed by atoms with Gasteiger partial charge in [-0.15, -0.1) is 0 Å². The molecule has 0 spiro atoms. The molecule has 0 radical (unpaired) electrons. The van der Waals surface area contributed by atoms with Crippen LogP contribution in [0.3, 0.4) is 0 Å². The molecule has 0 aliphatic carbocycles. The summed E-state index contributed by atoms with van der Waals surface area (Å²) in [5, 5.41) is 11.0. The fourth-order valence-electron chi connectivity index (χ4n) is 5.49. The topological polar surface area (TPSA) is 55.8 Å². The van der Waals surface area contributed by atoms with Gasteiger partial charge in [0, 0.05) is 11.1 Å². The highest BCUT2D eigenvalue weighted by Crippen LogP contribution is 2.41. The normalized spacial score (nSPS) is 11.4. The van der Waals surface area contributed by atoms with Crippen molar-refractivity contribution in [2.75, 3.05) is 6.61 Å². The van der Waals surface area contributed by atoms with Gasteiger partial charge in [-0.3, -0.25) is 0 Å². The van der Waals surface area contributed by atoms with Crippen LogP contribution in [0.2, 0.25) is 0 Å². The van der Waals surface area contributed by atoms with E-state index >= 15 is 0 Å². The van der Waals surface area contributed by atoms with Crippen LogP contribution >= 0.6 is 0 Å². The molecule has 0 saturated heterocycles. The molecule has 0 heterocycles. The maximum absolute atomic E-state index is 13.5. The Balaban J connectivity index is 1.62. The summed E-state index contributed by atoms with van der Waals surface area (Å²) in [5.41, 5.74) is 5.76. The summed E-state index contributed by atoms with van der Waals surface area (Å²) in [6.07, 6.45) is 1.64. The van der Waals surface area contributed by atoms with E-state index in [2.05, 4.69) is 82.8 Å². The molecule has 5 rings (SSSR count). The molecule has 1 N–H and O–H groups in total. The van der Waals surface area contributed by atoms with E-state index in [1.165, 1.54) is 11.1 Å². The molecule has 4 heteroatoms. The van der Waals surface area contributed by atoms with Crippen LogP contribution in [-0.4, -0.2) is 17.7 Å². The van der Waals surface area contributed by atoms with Crippen molar-refractivity contribution in [1.82, 2.24) is 0 Å². The predicted octanol–water partition coefficient (Wildman–Crippen LogP) is 10.2. The highest BCUT2D eigenvalue weighted by molar-refractivity contribution is 5.85. The molecule has 0 fully saturated rings. The minimum Gasteiger partial charge on any atom is -0.486 e. The first-order valence-corrected chi connectivity index (χ1v) is 15.4. The average Bonchev–Trinajstić information content (AvgIpc) is 3.07. The van der Waals surface area contributed by atoms with E-state index in [0.717, 1.165) is 22.3 Å². The van der Waals surface area contributed by atoms with E-state index in [1.54, 1.807) is 24.3 Å². The van der Waals surface area contributed by atoms with Gasteiger partial charge in [0.1, 0.15) is 6.61 Å². The molecule has 0 bridgehead atoms. The Morgan fingerprint density at radius 3 is 1.56 bits per heavy atom. The van der Waals surface area contributed by atoms with Crippen molar-refractivity contribution in [3.05, 3.63) is 156 Å². The third-order valence-electron chi connectivity index (χ3n) is 8.13. The van der Waals surface area contributed by atoms with Crippen LogP contribution in [0.25, 0.3) is 22.3 Å². The second-order valence-corrected chi connectivity index (χ2v) is 11.8. The Bertz CT molecular complexity index is 1670. The number of ether oxygens (including phenoxy) is 2. The number of carboxylic acid groups (broad SMARTS) is 1. The fraction of sp³-hybridized carbons (Fsp3) is 0.195. The minimum absolute atomic E-state index is 0.259. The lowest BCUT2D eigenvalue weighted by Gasteiger charge is -2.32. The molecule has 228 valence electrons. The van der Waals surface area contributed by atoms with Crippen LogP contribution in [-0.2, 0) is 10.4 Å². The standard InChI is InChI=1S/C41H40O4/c1-6-25-44-38-15-7-8-16-39(38)45-41(40(42)43,36-21-17-30(18-22-36)34-13-9-11-32(26-34)28(2)3)37-23-19-31(20-24-37)35-14-10-12-33(27-35)29(4)5/h6-24,26-29H,1,25H2,2-5H3,(H,42,43). The summed E-state index contributed by atoms with van der Waals surface area (Å²) >= 11 is 0. The molecular weight excluding hydrogens is 556 g/mol. The summed E-state index contributed by atoms with van der Waals surface area (Å²) in [6, 6.07) is 39.2. The Labute approximate surface area is 266 Å². The molecule has 0 unspecified atom stereocenters. The fourth-order valence-corrected chi connectivity index (χ4v) is 5.49. The maximum Gasteiger partial charge on any atom is 0.357 e. The van der Waals surface area contributed by atoms with E-state index < -0.39 is 11.6 Å². The van der Waals surface area contributed by atoms with E-state index in [4.69, 9.17) is 9.47 Å². The number of hydrogen-bond acceptors (Lipinski definition) is 3. The molecule has 0 saturated carbocycles. The van der Waals surface area contributed by atoms with Crippen LogP contribution in [0.5, 0.6) is 11.5 Å². The Hall–Kier alpha value is -5.09. The van der Waals surface area contributed by atoms with Gasteiger partial charge in [0.15, 0.2) is 11.5 Å². The zero-order valence-corrected chi connectivity index (χ0v) is 26.4. The van der Waals surface area contributed by atoms with Gasteiger partial charge in [0.05, 0.1) is 0 Å². The van der Waals surface area contributed by atoms with Gasteiger partial charge in [-0.25, -0.2) is 4.79 Å². The van der Waals surface area contributed by atoms with Gasteiger partial charge in [0.25, 0.3) is 5.60 Å². The number of hydrogen-bond donors (Lipinski definition) is 1. The summed E-state index contributed by atoms with van der Waals surface area (Å²) in [5.74, 6) is 0.425. The number of benzene rings is 5. The highest BCUT2D eigenvalue weighted by Gasteiger charge is 2.46. The first-order valence-electron chi connectivity index (χ1n) is 15.4. The first-order chi connectivity index (χ1) is 21.7. The number of carbonyl (C=O) groups is 1. The number of aliphatic carboxylic acids is 1. The maximum atomic E-state index is 13.5. The Morgan fingerprint density at radius 1 is 0.667 bits per heavy atom. The molecular formula is C41H40O4. The van der Waals surface area contributed by atoms with Gasteiger partial charge in [0.2, 0.25) is 0 Å². The molecule has 0 aromatic heterocycles. The van der Waals surface area contributed by atoms with Gasteiger partial charge >= 0.3 is 5.97 Å². The summed E-state index contributed by atoms with van der Waals surface area (Å²) in [7, 11) is 0. The smallest absolute Gasteiger partial charge is 0.357 e. The minimum atomic E-state index is -1.86. The van der Waals surface area contributed by atoms with Gasteiger partial charge in [-0.05, 0) is 57.3 Å². The largest absolute Gasteiger partial charge is 0.486 e. The first kappa shape index (κ1) is 31.3. The molecule has 4 nitrogen and oxygen atoms in total. The van der Waals surface area contributed by atoms with Gasteiger partial charge < -0.3 is 14.6 Å². The van der Waals surface area contributed by atoms with Crippen LogP contribution in [0.4, 0.5) is 0 Å². The monoisotopic (exact) mass is 596 g/mol. The lowest BCUT2D eigenvalue weighted by atomic mass is 9.84. The molecule has 5 aromatic carbocycles. The lowest BCUT2D eigenvalue weighted by Crippen LogP contribution is -2.43.